The van der Waals surface area contributed by atoms with Crippen LogP contribution in [0, 0.1) is 9.81 Å². The number of nitrogens with zero attached hydrogens (tertiary/aromatic N) is 3. The molecule has 1 aliphatic rings. The van der Waals surface area contributed by atoms with Gasteiger partial charge in [-0.1, -0.05) is 0 Å². The number of nitrogens with one attached hydrogen (secondary N) is 1. The Morgan fingerprint density at radius 2 is 2.40 bits per heavy atom. The molecule has 10 heavy (non-hydrogen) atoms. The Labute approximate surface area is 56.0 Å². The molecule has 1 unspecified atom stereocenters. The lowest BCUT2D eigenvalue weighted by atomic mass is 10.4. The van der Waals surface area contributed by atoms with Crippen molar-refractivity contribution in [2.24, 2.45) is 15.3 Å². The maximum absolute atomic E-state index is 9.84. The molecule has 1 atom stereocenters. The van der Waals surface area contributed by atoms with Crippen molar-refractivity contribution in [3.63, 3.8) is 0 Å². The van der Waals surface area contributed by atoms with E-state index in [1.54, 1.807) is 0 Å². The second-order valence-corrected chi connectivity index (χ2v) is 1.57. The van der Waals surface area contributed by atoms with E-state index in [-0.39, 0.29) is 5.96 Å². The molecular formula is C4H4N4O2. The highest BCUT2D eigenvalue weighted by Crippen LogP contribution is 1.99. The molecule has 0 aliphatic carbocycles. The minimum atomic E-state index is -0.811. The Balaban J connectivity index is 2.71. The highest BCUT2D eigenvalue weighted by Gasteiger charge is 2.08. The fourth-order valence-electron chi connectivity index (χ4n) is 0.523. The van der Waals surface area contributed by atoms with Gasteiger partial charge in [-0.25, -0.2) is 4.99 Å². The Hall–Kier alpha value is -1.59. The summed E-state index contributed by atoms with van der Waals surface area (Å²) in [6, 6.07) is 0. The molecule has 1 aliphatic heterocycles. The summed E-state index contributed by atoms with van der Waals surface area (Å²) < 4.78 is 0. The van der Waals surface area contributed by atoms with Gasteiger partial charge in [0.25, 0.3) is 5.96 Å². The normalized spacial score (nSPS) is 22.8. The number of hydrogen-bond acceptors (Lipinski definition) is 6. The van der Waals surface area contributed by atoms with E-state index in [2.05, 4.69) is 20.7 Å². The summed E-state index contributed by atoms with van der Waals surface area (Å²) in [5.41, 5.74) is 0. The Kier molecular flexibility index (Phi) is 1.83. The topological polar surface area (TPSA) is 83.2 Å². The SMILES string of the molecule is O=NC1=NC(N=O)C=CN1. The zero-order chi connectivity index (χ0) is 7.40. The van der Waals surface area contributed by atoms with Crippen molar-refractivity contribution in [2.45, 2.75) is 6.17 Å². The molecule has 0 saturated heterocycles. The molecule has 0 aromatic heterocycles. The number of rotatable bonds is 1. The van der Waals surface area contributed by atoms with Gasteiger partial charge >= 0.3 is 0 Å². The molecule has 0 amide bonds. The van der Waals surface area contributed by atoms with Gasteiger partial charge in [0.2, 0.25) is 6.17 Å². The van der Waals surface area contributed by atoms with Crippen molar-refractivity contribution in [2.75, 3.05) is 0 Å². The fourth-order valence-corrected chi connectivity index (χ4v) is 0.523. The minimum absolute atomic E-state index is 0.118. The van der Waals surface area contributed by atoms with Crippen LogP contribution in [-0.2, 0) is 0 Å². The van der Waals surface area contributed by atoms with Crippen LogP contribution in [0.4, 0.5) is 0 Å². The average molecular weight is 140 g/mol. The van der Waals surface area contributed by atoms with Crippen molar-refractivity contribution in [3.05, 3.63) is 22.1 Å². The summed E-state index contributed by atoms with van der Waals surface area (Å²) >= 11 is 0. The predicted molar refractivity (Wildman–Crippen MR) is 35.1 cm³/mol. The first-order chi connectivity index (χ1) is 4.86. The molecule has 0 aromatic rings. The van der Waals surface area contributed by atoms with E-state index in [4.69, 9.17) is 0 Å². The molecule has 52 valence electrons. The van der Waals surface area contributed by atoms with Crippen molar-refractivity contribution >= 4 is 5.96 Å². The summed E-state index contributed by atoms with van der Waals surface area (Å²) in [7, 11) is 0. The largest absolute Gasteiger partial charge is 0.328 e. The van der Waals surface area contributed by atoms with Gasteiger partial charge in [0.1, 0.15) is 0 Å². The molecule has 1 heterocycles. The maximum Gasteiger partial charge on any atom is 0.266 e. The maximum atomic E-state index is 9.84. The molecule has 0 fully saturated rings. The van der Waals surface area contributed by atoms with E-state index in [1.807, 2.05) is 0 Å². The van der Waals surface area contributed by atoms with Gasteiger partial charge in [-0.3, -0.25) is 0 Å². The third-order valence-corrected chi connectivity index (χ3v) is 0.930. The second kappa shape index (κ2) is 2.81. The van der Waals surface area contributed by atoms with E-state index in [0.717, 1.165) is 0 Å². The Bertz CT molecular complexity index is 209. The van der Waals surface area contributed by atoms with Gasteiger partial charge in [-0.2, -0.15) is 0 Å². The Morgan fingerprint density at radius 3 is 3.00 bits per heavy atom. The lowest BCUT2D eigenvalue weighted by Gasteiger charge is -2.04. The van der Waals surface area contributed by atoms with Gasteiger partial charge in [-0.05, 0) is 11.3 Å². The van der Waals surface area contributed by atoms with E-state index in [9.17, 15) is 9.81 Å². The first-order valence-electron chi connectivity index (χ1n) is 2.53. The second-order valence-electron chi connectivity index (χ2n) is 1.57. The highest BCUT2D eigenvalue weighted by molar-refractivity contribution is 5.82. The van der Waals surface area contributed by atoms with Crippen LogP contribution < -0.4 is 5.32 Å². The van der Waals surface area contributed by atoms with Crippen LogP contribution in [0.1, 0.15) is 0 Å². The van der Waals surface area contributed by atoms with Crippen LogP contribution in [0.5, 0.6) is 0 Å². The van der Waals surface area contributed by atoms with Crippen LogP contribution in [-0.4, -0.2) is 12.1 Å². The lowest BCUT2D eigenvalue weighted by molar-refractivity contribution is 0.832. The standard InChI is InChI=1S/C4H4N4O2/c9-7-3-1-2-5-4(6-3)8-10/h1-3H,(H,5,6). The summed E-state index contributed by atoms with van der Waals surface area (Å²) in [4.78, 5) is 23.1. The minimum Gasteiger partial charge on any atom is -0.328 e. The van der Waals surface area contributed by atoms with Crippen LogP contribution in [0.15, 0.2) is 27.6 Å². The van der Waals surface area contributed by atoms with E-state index >= 15 is 0 Å². The predicted octanol–water partition coefficient (Wildman–Crippen LogP) is 0.318. The highest BCUT2D eigenvalue weighted by atomic mass is 16.3. The Morgan fingerprint density at radius 1 is 1.60 bits per heavy atom. The summed E-state index contributed by atoms with van der Waals surface area (Å²) in [5.74, 6) is -0.118. The van der Waals surface area contributed by atoms with Crippen molar-refractivity contribution in [3.8, 4) is 0 Å². The lowest BCUT2D eigenvalue weighted by Crippen LogP contribution is -2.21. The average Bonchev–Trinajstić information content (AvgIpc) is 2.05. The van der Waals surface area contributed by atoms with E-state index < -0.39 is 6.17 Å². The van der Waals surface area contributed by atoms with Gasteiger partial charge in [0, 0.05) is 11.4 Å². The van der Waals surface area contributed by atoms with Gasteiger partial charge in [-0.15, -0.1) is 9.81 Å². The zero-order valence-corrected chi connectivity index (χ0v) is 4.89. The summed E-state index contributed by atoms with van der Waals surface area (Å²) in [6.07, 6.45) is 2.01. The smallest absolute Gasteiger partial charge is 0.266 e. The van der Waals surface area contributed by atoms with Crippen molar-refractivity contribution < 1.29 is 0 Å². The number of nitroso groups, excluding NO2 is 2. The first kappa shape index (κ1) is 6.53. The van der Waals surface area contributed by atoms with E-state index in [0.29, 0.717) is 0 Å². The molecular weight excluding hydrogens is 136 g/mol. The molecule has 1 rings (SSSR count). The quantitative estimate of drug-likeness (QED) is 0.532. The molecule has 1 N–H and O–H groups in total. The van der Waals surface area contributed by atoms with Crippen LogP contribution in [0.25, 0.3) is 0 Å². The first-order valence-corrected chi connectivity index (χ1v) is 2.53. The molecule has 0 spiro atoms. The number of aliphatic imine (C=N–C) groups is 1. The van der Waals surface area contributed by atoms with Crippen LogP contribution in [0.2, 0.25) is 0 Å². The van der Waals surface area contributed by atoms with Crippen molar-refractivity contribution in [1.82, 2.24) is 5.32 Å². The third-order valence-electron chi connectivity index (χ3n) is 0.930. The summed E-state index contributed by atoms with van der Waals surface area (Å²) in [6.45, 7) is 0. The zero-order valence-electron chi connectivity index (χ0n) is 4.89. The summed E-state index contributed by atoms with van der Waals surface area (Å²) in [5, 5.41) is 7.49. The third kappa shape index (κ3) is 1.22. The van der Waals surface area contributed by atoms with E-state index in [1.165, 1.54) is 12.3 Å². The molecule has 0 saturated carbocycles. The fraction of sp³-hybridized carbons (Fsp3) is 0.250. The molecule has 6 nitrogen and oxygen atoms in total. The van der Waals surface area contributed by atoms with Gasteiger partial charge in [0.15, 0.2) is 0 Å². The molecule has 0 aromatic carbocycles. The monoisotopic (exact) mass is 140 g/mol. The van der Waals surface area contributed by atoms with Gasteiger partial charge < -0.3 is 5.32 Å². The van der Waals surface area contributed by atoms with Gasteiger partial charge in [0.05, 0.1) is 0 Å². The molecule has 0 bridgehead atoms. The number of guanidine groups is 1. The molecule has 0 radical (unpaired) electrons. The van der Waals surface area contributed by atoms with Crippen LogP contribution in [0.3, 0.4) is 0 Å². The molecule has 6 heteroatoms. The van der Waals surface area contributed by atoms with Crippen LogP contribution >= 0.6 is 0 Å². The number of hydrogen-bond donors (Lipinski definition) is 1. The van der Waals surface area contributed by atoms with Crippen molar-refractivity contribution in [1.29, 1.82) is 0 Å².